The van der Waals surface area contributed by atoms with Crippen molar-refractivity contribution in [3.63, 3.8) is 0 Å². The highest BCUT2D eigenvalue weighted by Crippen LogP contribution is 2.45. The van der Waals surface area contributed by atoms with Crippen LogP contribution in [0.1, 0.15) is 54.0 Å². The summed E-state index contributed by atoms with van der Waals surface area (Å²) in [5, 5.41) is 0. The standard InChI is InChI=1S/C20H24N2/c1-6-16-8-10-21-18(12-16)20(5)9-7-17-19(15(20)4)13(2)11-14(3)22-17/h8,10-12H,4,6-7,9H2,1-3,5H3. The Kier molecular flexibility index (Phi) is 3.64. The van der Waals surface area contributed by atoms with Gasteiger partial charge in [-0.1, -0.05) is 13.5 Å². The first-order chi connectivity index (χ1) is 10.5. The molecule has 1 aliphatic carbocycles. The molecule has 2 aromatic rings. The summed E-state index contributed by atoms with van der Waals surface area (Å²) in [4.78, 5) is 9.41. The third-order valence-corrected chi connectivity index (χ3v) is 5.05. The average molecular weight is 292 g/mol. The second-order valence-electron chi connectivity index (χ2n) is 6.62. The van der Waals surface area contributed by atoms with Crippen LogP contribution >= 0.6 is 0 Å². The third-order valence-electron chi connectivity index (χ3n) is 5.05. The Balaban J connectivity index is 2.11. The zero-order valence-electron chi connectivity index (χ0n) is 14.0. The van der Waals surface area contributed by atoms with Crippen molar-refractivity contribution in [2.75, 3.05) is 0 Å². The molecule has 114 valence electrons. The fourth-order valence-electron chi connectivity index (χ4n) is 3.58. The molecule has 2 heteroatoms. The lowest BCUT2D eigenvalue weighted by Crippen LogP contribution is -2.31. The molecule has 2 heterocycles. The molecule has 1 atom stereocenters. The van der Waals surface area contributed by atoms with E-state index in [1.165, 1.54) is 28.0 Å². The summed E-state index contributed by atoms with van der Waals surface area (Å²) < 4.78 is 0. The highest BCUT2D eigenvalue weighted by Gasteiger charge is 2.37. The van der Waals surface area contributed by atoms with Crippen molar-refractivity contribution in [1.29, 1.82) is 0 Å². The van der Waals surface area contributed by atoms with Gasteiger partial charge in [-0.2, -0.15) is 0 Å². The quantitative estimate of drug-likeness (QED) is 0.810. The van der Waals surface area contributed by atoms with Crippen LogP contribution in [-0.2, 0) is 18.3 Å². The van der Waals surface area contributed by atoms with Crippen LogP contribution in [0.25, 0.3) is 5.57 Å². The average Bonchev–Trinajstić information content (AvgIpc) is 2.50. The van der Waals surface area contributed by atoms with E-state index in [1.807, 2.05) is 6.20 Å². The van der Waals surface area contributed by atoms with E-state index in [2.05, 4.69) is 57.5 Å². The number of aromatic nitrogens is 2. The van der Waals surface area contributed by atoms with Crippen molar-refractivity contribution in [3.05, 3.63) is 64.7 Å². The van der Waals surface area contributed by atoms with E-state index in [0.29, 0.717) is 0 Å². The van der Waals surface area contributed by atoms with Gasteiger partial charge in [-0.25, -0.2) is 0 Å². The summed E-state index contributed by atoms with van der Waals surface area (Å²) in [5.74, 6) is 0. The van der Waals surface area contributed by atoms with Gasteiger partial charge in [0.1, 0.15) is 0 Å². The molecule has 0 spiro atoms. The molecule has 2 aromatic heterocycles. The van der Waals surface area contributed by atoms with Gasteiger partial charge in [0, 0.05) is 28.6 Å². The minimum absolute atomic E-state index is 0.0973. The van der Waals surface area contributed by atoms with Crippen LogP contribution in [0.5, 0.6) is 0 Å². The van der Waals surface area contributed by atoms with Crippen molar-refractivity contribution >= 4 is 5.57 Å². The van der Waals surface area contributed by atoms with Crippen LogP contribution < -0.4 is 0 Å². The molecule has 0 radical (unpaired) electrons. The lowest BCUT2D eigenvalue weighted by molar-refractivity contribution is 0.519. The molecule has 22 heavy (non-hydrogen) atoms. The van der Waals surface area contributed by atoms with Crippen LogP contribution in [0.15, 0.2) is 31.0 Å². The van der Waals surface area contributed by atoms with Gasteiger partial charge in [0.15, 0.2) is 0 Å². The smallest absolute Gasteiger partial charge is 0.0509 e. The molecule has 0 saturated carbocycles. The van der Waals surface area contributed by atoms with Gasteiger partial charge < -0.3 is 0 Å². The number of pyridine rings is 2. The fraction of sp³-hybridized carbons (Fsp3) is 0.400. The van der Waals surface area contributed by atoms with Gasteiger partial charge in [0.25, 0.3) is 0 Å². The maximum absolute atomic E-state index is 4.74. The van der Waals surface area contributed by atoms with E-state index in [1.54, 1.807) is 0 Å². The van der Waals surface area contributed by atoms with E-state index in [9.17, 15) is 0 Å². The van der Waals surface area contributed by atoms with Gasteiger partial charge in [-0.3, -0.25) is 9.97 Å². The molecule has 1 aliphatic rings. The second kappa shape index (κ2) is 5.35. The normalized spacial score (nSPS) is 20.8. The Bertz CT molecular complexity index is 745. The molecule has 0 amide bonds. The van der Waals surface area contributed by atoms with Crippen molar-refractivity contribution in [2.24, 2.45) is 0 Å². The largest absolute Gasteiger partial charge is 0.260 e. The number of hydrogen-bond donors (Lipinski definition) is 0. The maximum Gasteiger partial charge on any atom is 0.0509 e. The minimum Gasteiger partial charge on any atom is -0.260 e. The van der Waals surface area contributed by atoms with Crippen LogP contribution in [0.2, 0.25) is 0 Å². The highest BCUT2D eigenvalue weighted by atomic mass is 14.7. The van der Waals surface area contributed by atoms with Crippen LogP contribution in [0, 0.1) is 13.8 Å². The summed E-state index contributed by atoms with van der Waals surface area (Å²) in [7, 11) is 0. The second-order valence-corrected chi connectivity index (χ2v) is 6.62. The predicted molar refractivity (Wildman–Crippen MR) is 92.0 cm³/mol. The first kappa shape index (κ1) is 15.0. The monoisotopic (exact) mass is 292 g/mol. The molecule has 0 aliphatic heterocycles. The molecule has 0 saturated heterocycles. The van der Waals surface area contributed by atoms with E-state index in [4.69, 9.17) is 4.98 Å². The first-order valence-corrected chi connectivity index (χ1v) is 8.08. The number of aryl methyl sites for hydroxylation is 4. The van der Waals surface area contributed by atoms with Gasteiger partial charge in [-0.15, -0.1) is 0 Å². The number of nitrogens with zero attached hydrogens (tertiary/aromatic N) is 2. The maximum atomic E-state index is 4.74. The molecular formula is C20H24N2. The molecule has 3 rings (SSSR count). The van der Waals surface area contributed by atoms with Crippen LogP contribution in [-0.4, -0.2) is 9.97 Å². The van der Waals surface area contributed by atoms with Crippen LogP contribution in [0.4, 0.5) is 0 Å². The zero-order chi connectivity index (χ0) is 15.9. The summed E-state index contributed by atoms with van der Waals surface area (Å²) in [6, 6.07) is 6.50. The lowest BCUT2D eigenvalue weighted by atomic mass is 9.67. The van der Waals surface area contributed by atoms with E-state index >= 15 is 0 Å². The molecule has 1 unspecified atom stereocenters. The lowest BCUT2D eigenvalue weighted by Gasteiger charge is -2.37. The minimum atomic E-state index is -0.0973. The first-order valence-electron chi connectivity index (χ1n) is 8.08. The van der Waals surface area contributed by atoms with Crippen molar-refractivity contribution < 1.29 is 0 Å². The Labute approximate surface area is 133 Å². The van der Waals surface area contributed by atoms with Gasteiger partial charge >= 0.3 is 0 Å². The molecule has 0 bridgehead atoms. The van der Waals surface area contributed by atoms with Crippen LogP contribution in [0.3, 0.4) is 0 Å². The molecule has 2 nitrogen and oxygen atoms in total. The number of fused-ring (bicyclic) bond motifs is 1. The van der Waals surface area contributed by atoms with Gasteiger partial charge in [0.2, 0.25) is 0 Å². The molecule has 0 N–H and O–H groups in total. The zero-order valence-corrected chi connectivity index (χ0v) is 14.0. The SMILES string of the molecule is C=C1c2c(C)cc(C)nc2CCC1(C)c1cc(CC)ccn1. The Morgan fingerprint density at radius 2 is 2.05 bits per heavy atom. The molecule has 0 aromatic carbocycles. The van der Waals surface area contributed by atoms with Crippen molar-refractivity contribution in [3.8, 4) is 0 Å². The highest BCUT2D eigenvalue weighted by molar-refractivity contribution is 5.77. The Hall–Kier alpha value is -1.96. The Morgan fingerprint density at radius 3 is 2.77 bits per heavy atom. The topological polar surface area (TPSA) is 25.8 Å². The molecule has 0 fully saturated rings. The van der Waals surface area contributed by atoms with Crippen molar-refractivity contribution in [1.82, 2.24) is 9.97 Å². The Morgan fingerprint density at radius 1 is 1.27 bits per heavy atom. The van der Waals surface area contributed by atoms with E-state index < -0.39 is 0 Å². The summed E-state index contributed by atoms with van der Waals surface area (Å²) in [6.07, 6.45) is 4.98. The van der Waals surface area contributed by atoms with E-state index in [0.717, 1.165) is 30.7 Å². The molecular weight excluding hydrogens is 268 g/mol. The summed E-state index contributed by atoms with van der Waals surface area (Å²) >= 11 is 0. The summed E-state index contributed by atoms with van der Waals surface area (Å²) in [6.45, 7) is 13.1. The fourth-order valence-corrected chi connectivity index (χ4v) is 3.58. The predicted octanol–water partition coefficient (Wildman–Crippen LogP) is 4.57. The summed E-state index contributed by atoms with van der Waals surface area (Å²) in [5.41, 5.74) is 8.38. The van der Waals surface area contributed by atoms with Gasteiger partial charge in [0.05, 0.1) is 5.69 Å². The number of rotatable bonds is 2. The van der Waals surface area contributed by atoms with E-state index in [-0.39, 0.29) is 5.41 Å². The van der Waals surface area contributed by atoms with Gasteiger partial charge in [-0.05, 0) is 74.9 Å². The van der Waals surface area contributed by atoms with Crippen molar-refractivity contribution in [2.45, 2.75) is 52.4 Å². The number of hydrogen-bond acceptors (Lipinski definition) is 2. The third kappa shape index (κ3) is 2.27. The number of allylic oxidation sites excluding steroid dienone is 1.